The van der Waals surface area contributed by atoms with Crippen molar-refractivity contribution >= 4 is 41.1 Å². The fourth-order valence-electron chi connectivity index (χ4n) is 4.88. The van der Waals surface area contributed by atoms with Crippen LogP contribution in [0.15, 0.2) is 72.8 Å². The van der Waals surface area contributed by atoms with Crippen LogP contribution in [-0.4, -0.2) is 67.1 Å². The molecule has 0 radical (unpaired) electrons. The third-order valence-corrected chi connectivity index (χ3v) is 7.58. The maximum atomic E-state index is 14.0. The van der Waals surface area contributed by atoms with Crippen molar-refractivity contribution in [3.05, 3.63) is 94.5 Å². The van der Waals surface area contributed by atoms with E-state index >= 15 is 0 Å². The van der Waals surface area contributed by atoms with Crippen LogP contribution in [-0.2, 0) is 30.3 Å². The van der Waals surface area contributed by atoms with Gasteiger partial charge in [0.1, 0.15) is 29.2 Å². The number of ether oxygens (including phenoxy) is 3. The van der Waals surface area contributed by atoms with E-state index in [1.54, 1.807) is 51.1 Å². The first-order valence-electron chi connectivity index (χ1n) is 16.1. The minimum atomic E-state index is -5.23. The van der Waals surface area contributed by atoms with E-state index in [2.05, 4.69) is 16.0 Å². The van der Waals surface area contributed by atoms with E-state index in [1.807, 2.05) is 0 Å². The van der Waals surface area contributed by atoms with Gasteiger partial charge in [-0.25, -0.2) is 4.79 Å². The minimum absolute atomic E-state index is 0.120. The Morgan fingerprint density at radius 1 is 0.808 bits per heavy atom. The summed E-state index contributed by atoms with van der Waals surface area (Å²) in [6.45, 7) is 7.40. The molecule has 280 valence electrons. The van der Waals surface area contributed by atoms with Gasteiger partial charge in [0.2, 0.25) is 11.8 Å². The van der Waals surface area contributed by atoms with Gasteiger partial charge in [0.15, 0.2) is 6.61 Å². The number of benzene rings is 3. The third kappa shape index (κ3) is 12.6. The van der Waals surface area contributed by atoms with Crippen molar-refractivity contribution in [3.63, 3.8) is 0 Å². The summed E-state index contributed by atoms with van der Waals surface area (Å²) in [5, 5.41) is 7.58. The fraction of sp³-hybridized carbons (Fsp3) is 0.378. The molecular weight excluding hydrogens is 707 g/mol. The van der Waals surface area contributed by atoms with E-state index in [1.165, 1.54) is 63.4 Å². The Bertz CT molecular complexity index is 1740. The number of nitrogens with one attached hydrogen (secondary N) is 3. The molecule has 3 amide bonds. The summed E-state index contributed by atoms with van der Waals surface area (Å²) in [7, 11) is 1.40. The second kappa shape index (κ2) is 17.9. The van der Waals surface area contributed by atoms with Crippen molar-refractivity contribution in [1.29, 1.82) is 0 Å². The first-order valence-corrected chi connectivity index (χ1v) is 16.5. The second-order valence-corrected chi connectivity index (χ2v) is 13.5. The Morgan fingerprint density at radius 3 is 2.04 bits per heavy atom. The lowest BCUT2D eigenvalue weighted by Gasteiger charge is -2.27. The second-order valence-electron chi connectivity index (χ2n) is 13.1. The number of halogens is 4. The zero-order chi connectivity index (χ0) is 38.8. The topological polar surface area (TPSA) is 149 Å². The van der Waals surface area contributed by atoms with Crippen LogP contribution in [0.3, 0.4) is 0 Å². The van der Waals surface area contributed by atoms with Crippen LogP contribution in [0.2, 0.25) is 5.02 Å². The molecule has 0 heterocycles. The molecule has 11 nitrogen and oxygen atoms in total. The molecule has 3 aromatic carbocycles. The smallest absolute Gasteiger partial charge is 0.452 e. The highest BCUT2D eigenvalue weighted by molar-refractivity contribution is 6.31. The highest BCUT2D eigenvalue weighted by Crippen LogP contribution is 2.24. The molecule has 3 rings (SSSR count). The van der Waals surface area contributed by atoms with E-state index < -0.39 is 71.9 Å². The van der Waals surface area contributed by atoms with Gasteiger partial charge in [-0.05, 0) is 80.3 Å². The van der Waals surface area contributed by atoms with Crippen LogP contribution in [0, 0.1) is 5.92 Å². The highest BCUT2D eigenvalue weighted by atomic mass is 35.5. The number of rotatable bonds is 15. The maximum Gasteiger partial charge on any atom is 0.452 e. The van der Waals surface area contributed by atoms with Crippen molar-refractivity contribution in [3.8, 4) is 11.5 Å². The van der Waals surface area contributed by atoms with Crippen LogP contribution in [0.1, 0.15) is 62.1 Å². The molecular formula is C37H41ClF3N3O8. The summed E-state index contributed by atoms with van der Waals surface area (Å²) in [5.74, 6) is -5.77. The number of Topliss-reactive ketones (excluding diaryl/α,β-unsaturated/α-hetero) is 1. The largest absolute Gasteiger partial charge is 0.497 e. The molecule has 0 aliphatic carbocycles. The summed E-state index contributed by atoms with van der Waals surface area (Å²) in [6, 6.07) is 13.1. The number of carbonyl (C=O) groups excluding carboxylic acids is 5. The number of amides is 3. The minimum Gasteiger partial charge on any atom is -0.497 e. The monoisotopic (exact) mass is 747 g/mol. The third-order valence-electron chi connectivity index (χ3n) is 7.35. The first-order chi connectivity index (χ1) is 24.3. The van der Waals surface area contributed by atoms with Crippen molar-refractivity contribution in [1.82, 2.24) is 16.0 Å². The van der Waals surface area contributed by atoms with Crippen LogP contribution in [0.5, 0.6) is 11.5 Å². The van der Waals surface area contributed by atoms with Crippen molar-refractivity contribution in [2.75, 3.05) is 13.7 Å². The Morgan fingerprint density at radius 2 is 1.46 bits per heavy atom. The van der Waals surface area contributed by atoms with Gasteiger partial charge >= 0.3 is 12.1 Å². The van der Waals surface area contributed by atoms with Gasteiger partial charge in [-0.1, -0.05) is 55.8 Å². The molecule has 3 aromatic rings. The van der Waals surface area contributed by atoms with Gasteiger partial charge in [-0.15, -0.1) is 0 Å². The van der Waals surface area contributed by atoms with Gasteiger partial charge in [0, 0.05) is 17.0 Å². The van der Waals surface area contributed by atoms with E-state index in [9.17, 15) is 37.1 Å². The van der Waals surface area contributed by atoms with Gasteiger partial charge in [0.25, 0.3) is 11.7 Å². The fourth-order valence-corrected chi connectivity index (χ4v) is 5.07. The molecule has 0 fully saturated rings. The van der Waals surface area contributed by atoms with E-state index in [-0.39, 0.29) is 28.3 Å². The molecule has 0 aromatic heterocycles. The normalized spacial score (nSPS) is 13.3. The Hall–Kier alpha value is -5.11. The van der Waals surface area contributed by atoms with E-state index in [4.69, 9.17) is 25.8 Å². The number of esters is 1. The highest BCUT2D eigenvalue weighted by Gasteiger charge is 2.45. The maximum absolute atomic E-state index is 14.0. The molecule has 3 unspecified atom stereocenters. The number of alkyl halides is 3. The zero-order valence-electron chi connectivity index (χ0n) is 29.4. The summed E-state index contributed by atoms with van der Waals surface area (Å²) in [5.41, 5.74) is 0.00353. The van der Waals surface area contributed by atoms with Crippen LogP contribution < -0.4 is 25.4 Å². The number of hydrogen-bond donors (Lipinski definition) is 3. The van der Waals surface area contributed by atoms with E-state index in [0.717, 1.165) is 0 Å². The zero-order valence-corrected chi connectivity index (χ0v) is 30.2. The SMILES string of the molecule is COc1ccc(C(NC(=O)C(Cc2cccc(OCC(=O)OC(C)(C)C)c2)NC(=O)c2cccc(Cl)c2)C(=O)NC(C(=O)C(F)(F)F)C(C)C)cc1. The average Bonchev–Trinajstić information content (AvgIpc) is 3.06. The van der Waals surface area contributed by atoms with Gasteiger partial charge in [-0.2, -0.15) is 13.2 Å². The van der Waals surface area contributed by atoms with Gasteiger partial charge in [-0.3, -0.25) is 19.2 Å². The van der Waals surface area contributed by atoms with Crippen LogP contribution in [0.25, 0.3) is 0 Å². The lowest BCUT2D eigenvalue weighted by Crippen LogP contribution is -2.55. The molecule has 0 spiro atoms. The number of hydrogen-bond acceptors (Lipinski definition) is 8. The van der Waals surface area contributed by atoms with Crippen molar-refractivity contribution < 1.29 is 51.4 Å². The average molecular weight is 748 g/mol. The molecule has 0 saturated heterocycles. The molecule has 0 aliphatic rings. The van der Waals surface area contributed by atoms with Gasteiger partial charge < -0.3 is 30.2 Å². The van der Waals surface area contributed by atoms with Crippen LogP contribution in [0.4, 0.5) is 13.2 Å². The number of methoxy groups -OCH3 is 1. The molecule has 3 N–H and O–H groups in total. The summed E-state index contributed by atoms with van der Waals surface area (Å²) in [6.07, 6.45) is -5.40. The van der Waals surface area contributed by atoms with Crippen molar-refractivity contribution in [2.45, 2.75) is 70.9 Å². The van der Waals surface area contributed by atoms with E-state index in [0.29, 0.717) is 11.3 Å². The standard InChI is InChI=1S/C37H41ClF3N3O8/c1-21(2)30(32(46)37(39,40)41)43-35(49)31(23-13-15-26(50-6)16-14-23)44-34(48)28(42-33(47)24-10-8-11-25(38)19-24)18-22-9-7-12-27(17-22)51-20-29(45)52-36(3,4)5/h7-17,19,21,28,30-31H,18,20H2,1-6H3,(H,42,47)(H,43,49)(H,44,48). The number of carbonyl (C=O) groups is 5. The molecule has 0 aliphatic heterocycles. The Balaban J connectivity index is 1.97. The first kappa shape index (κ1) is 41.3. The summed E-state index contributed by atoms with van der Waals surface area (Å²) in [4.78, 5) is 65.5. The molecule has 0 bridgehead atoms. The Kier molecular flexibility index (Phi) is 14.2. The lowest BCUT2D eigenvalue weighted by atomic mass is 9.97. The Labute approximate surface area is 304 Å². The molecule has 0 saturated carbocycles. The quantitative estimate of drug-likeness (QED) is 0.172. The lowest BCUT2D eigenvalue weighted by molar-refractivity contribution is -0.175. The van der Waals surface area contributed by atoms with Crippen LogP contribution >= 0.6 is 11.6 Å². The van der Waals surface area contributed by atoms with Gasteiger partial charge in [0.05, 0.1) is 13.2 Å². The predicted octanol–water partition coefficient (Wildman–Crippen LogP) is 5.54. The number of ketones is 1. The molecule has 3 atom stereocenters. The summed E-state index contributed by atoms with van der Waals surface area (Å²) >= 11 is 6.08. The molecule has 15 heteroatoms. The van der Waals surface area contributed by atoms with Crippen molar-refractivity contribution in [2.24, 2.45) is 5.92 Å². The predicted molar refractivity (Wildman–Crippen MR) is 186 cm³/mol. The summed E-state index contributed by atoms with van der Waals surface area (Å²) < 4.78 is 56.3. The molecule has 52 heavy (non-hydrogen) atoms.